The van der Waals surface area contributed by atoms with Crippen LogP contribution in [0.15, 0.2) is 46.5 Å². The summed E-state index contributed by atoms with van der Waals surface area (Å²) in [6, 6.07) is 11.4. The summed E-state index contributed by atoms with van der Waals surface area (Å²) in [5, 5.41) is 9.45. The van der Waals surface area contributed by atoms with Crippen LogP contribution < -0.4 is 0 Å². The zero-order valence-electron chi connectivity index (χ0n) is 11.0. The minimum Gasteiger partial charge on any atom is -0.307 e. The Kier molecular flexibility index (Phi) is 4.40. The zero-order valence-corrected chi connectivity index (χ0v) is 11.8. The van der Waals surface area contributed by atoms with Crippen molar-refractivity contribution >= 4 is 23.1 Å². The highest BCUT2D eigenvalue weighted by Gasteiger charge is 2.29. The second-order valence-electron chi connectivity index (χ2n) is 4.14. The Morgan fingerprint density at radius 1 is 1.40 bits per heavy atom. The Morgan fingerprint density at radius 3 is 2.65 bits per heavy atom. The predicted octanol–water partition coefficient (Wildman–Crippen LogP) is 3.82. The van der Waals surface area contributed by atoms with Crippen molar-refractivity contribution in [2.75, 3.05) is 5.75 Å². The fourth-order valence-electron chi connectivity index (χ4n) is 2.13. The third kappa shape index (κ3) is 2.52. The molecule has 0 aliphatic heterocycles. The minimum absolute atomic E-state index is 0.0770. The van der Waals surface area contributed by atoms with E-state index < -0.39 is 0 Å². The zero-order chi connectivity index (χ0) is 14.5. The second kappa shape index (κ2) is 6.23. The van der Waals surface area contributed by atoms with Crippen LogP contribution in [0, 0.1) is 17.9 Å². The number of Topliss-reactive ketones (excluding diaryl/α,β-unsaturated/α-hetero) is 1. The molecular formula is C16H12N2OS. The van der Waals surface area contributed by atoms with Crippen molar-refractivity contribution < 1.29 is 4.79 Å². The van der Waals surface area contributed by atoms with E-state index in [-0.39, 0.29) is 17.9 Å². The highest BCUT2D eigenvalue weighted by atomic mass is 32.2. The number of carbonyl (C=O) groups excluding carboxylic acids is 1. The van der Waals surface area contributed by atoms with E-state index in [9.17, 15) is 10.1 Å². The standard InChI is InChI=1S/C16H12N2OS/c1-3-20-14-9-13(19)16(18-2)15(12(14)10-17)11-7-5-4-6-8-11/h4-8H,3,9H2,1H3. The van der Waals surface area contributed by atoms with Crippen molar-refractivity contribution in [2.45, 2.75) is 13.3 Å². The monoisotopic (exact) mass is 280 g/mol. The van der Waals surface area contributed by atoms with Gasteiger partial charge in [0.1, 0.15) is 0 Å². The van der Waals surface area contributed by atoms with E-state index in [1.54, 1.807) is 0 Å². The van der Waals surface area contributed by atoms with Crippen LogP contribution in [-0.2, 0) is 4.79 Å². The summed E-state index contributed by atoms with van der Waals surface area (Å²) in [4.78, 5) is 16.3. The first-order chi connectivity index (χ1) is 9.72. The van der Waals surface area contributed by atoms with E-state index in [1.807, 2.05) is 37.3 Å². The van der Waals surface area contributed by atoms with Gasteiger partial charge < -0.3 is 4.79 Å². The lowest BCUT2D eigenvalue weighted by Gasteiger charge is -2.19. The van der Waals surface area contributed by atoms with Crippen LogP contribution in [0.4, 0.5) is 0 Å². The molecule has 0 amide bonds. The van der Waals surface area contributed by atoms with Gasteiger partial charge in [0.25, 0.3) is 0 Å². The lowest BCUT2D eigenvalue weighted by molar-refractivity contribution is -0.114. The van der Waals surface area contributed by atoms with Crippen molar-refractivity contribution in [3.63, 3.8) is 0 Å². The average Bonchev–Trinajstić information content (AvgIpc) is 2.48. The van der Waals surface area contributed by atoms with Gasteiger partial charge in [-0.1, -0.05) is 37.3 Å². The number of benzene rings is 1. The Bertz CT molecular complexity index is 687. The highest BCUT2D eigenvalue weighted by molar-refractivity contribution is 8.03. The largest absolute Gasteiger partial charge is 0.307 e. The molecule has 0 saturated carbocycles. The summed E-state index contributed by atoms with van der Waals surface area (Å²) >= 11 is 1.50. The molecule has 0 saturated heterocycles. The van der Waals surface area contributed by atoms with Gasteiger partial charge in [-0.3, -0.25) is 0 Å². The van der Waals surface area contributed by atoms with Crippen LogP contribution in [0.25, 0.3) is 10.4 Å². The summed E-state index contributed by atoms with van der Waals surface area (Å²) in [5.74, 6) is 0.595. The molecule has 0 radical (unpaired) electrons. The van der Waals surface area contributed by atoms with Gasteiger partial charge in [-0.15, -0.1) is 11.8 Å². The summed E-state index contributed by atoms with van der Waals surface area (Å²) in [6.07, 6.45) is 0.162. The number of allylic oxidation sites excluding steroid dienone is 4. The number of rotatable bonds is 3. The van der Waals surface area contributed by atoms with Gasteiger partial charge in [0.15, 0.2) is 5.78 Å². The molecule has 20 heavy (non-hydrogen) atoms. The van der Waals surface area contributed by atoms with Crippen molar-refractivity contribution in [3.05, 3.63) is 63.5 Å². The Hall–Kier alpha value is -2.30. The average molecular weight is 280 g/mol. The first kappa shape index (κ1) is 14.1. The maximum Gasteiger partial charge on any atom is 0.238 e. The fourth-order valence-corrected chi connectivity index (χ4v) is 3.01. The summed E-state index contributed by atoms with van der Waals surface area (Å²) in [7, 11) is 0. The van der Waals surface area contributed by atoms with Crippen LogP contribution in [0.5, 0.6) is 0 Å². The Balaban J connectivity index is 2.71. The molecule has 0 aromatic heterocycles. The topological polar surface area (TPSA) is 45.2 Å². The normalized spacial score (nSPS) is 15.1. The number of nitriles is 1. The quantitative estimate of drug-likeness (QED) is 0.791. The molecular weight excluding hydrogens is 268 g/mol. The Labute approximate surface area is 122 Å². The molecule has 0 N–H and O–H groups in total. The maximum atomic E-state index is 12.1. The third-order valence-corrected chi connectivity index (χ3v) is 3.94. The van der Waals surface area contributed by atoms with Gasteiger partial charge in [-0.2, -0.15) is 5.26 Å². The predicted molar refractivity (Wildman–Crippen MR) is 80.4 cm³/mol. The van der Waals surface area contributed by atoms with Crippen LogP contribution in [0.3, 0.4) is 0 Å². The molecule has 0 fully saturated rings. The second-order valence-corrected chi connectivity index (χ2v) is 5.50. The van der Waals surface area contributed by atoms with Gasteiger partial charge in [0.05, 0.1) is 18.2 Å². The van der Waals surface area contributed by atoms with Gasteiger partial charge in [-0.25, -0.2) is 4.85 Å². The SMILES string of the molecule is [C-]#[N+]C1=C(c2ccccc2)C(C#N)=C(SCC)CC1=O. The summed E-state index contributed by atoms with van der Waals surface area (Å²) in [6.45, 7) is 9.23. The van der Waals surface area contributed by atoms with Gasteiger partial charge in [0.2, 0.25) is 5.70 Å². The van der Waals surface area contributed by atoms with Crippen molar-refractivity contribution in [2.24, 2.45) is 0 Å². The van der Waals surface area contributed by atoms with Gasteiger partial charge in [-0.05, 0) is 11.3 Å². The van der Waals surface area contributed by atoms with E-state index in [1.165, 1.54) is 11.8 Å². The van der Waals surface area contributed by atoms with Gasteiger partial charge in [0, 0.05) is 16.9 Å². The molecule has 1 aromatic carbocycles. The highest BCUT2D eigenvalue weighted by Crippen LogP contribution is 2.39. The van der Waals surface area contributed by atoms with E-state index in [2.05, 4.69) is 10.9 Å². The molecule has 2 rings (SSSR count). The molecule has 0 heterocycles. The first-order valence-corrected chi connectivity index (χ1v) is 7.18. The molecule has 3 nitrogen and oxygen atoms in total. The molecule has 0 atom stereocenters. The van der Waals surface area contributed by atoms with E-state index in [0.717, 1.165) is 16.2 Å². The number of thioether (sulfide) groups is 1. The van der Waals surface area contributed by atoms with E-state index >= 15 is 0 Å². The van der Waals surface area contributed by atoms with Crippen molar-refractivity contribution in [1.29, 1.82) is 5.26 Å². The van der Waals surface area contributed by atoms with Gasteiger partial charge >= 0.3 is 0 Å². The number of nitrogens with zero attached hydrogens (tertiary/aromatic N) is 2. The lowest BCUT2D eigenvalue weighted by atomic mass is 9.89. The maximum absolute atomic E-state index is 12.1. The van der Waals surface area contributed by atoms with Crippen molar-refractivity contribution in [3.8, 4) is 6.07 Å². The summed E-state index contributed by atoms with van der Waals surface area (Å²) < 4.78 is 0. The van der Waals surface area contributed by atoms with Crippen LogP contribution >= 0.6 is 11.8 Å². The van der Waals surface area contributed by atoms with E-state index in [0.29, 0.717) is 11.1 Å². The van der Waals surface area contributed by atoms with Crippen LogP contribution in [0.2, 0.25) is 0 Å². The summed E-state index contributed by atoms with van der Waals surface area (Å²) in [5.41, 5.74) is 1.77. The minimum atomic E-state index is -0.200. The molecule has 1 aliphatic carbocycles. The smallest absolute Gasteiger partial charge is 0.238 e. The molecule has 0 bridgehead atoms. The van der Waals surface area contributed by atoms with E-state index in [4.69, 9.17) is 6.57 Å². The van der Waals surface area contributed by atoms with Crippen LogP contribution in [0.1, 0.15) is 18.9 Å². The molecule has 0 unspecified atom stereocenters. The number of ketones is 1. The molecule has 1 aliphatic rings. The Morgan fingerprint density at radius 2 is 2.10 bits per heavy atom. The molecule has 98 valence electrons. The molecule has 4 heteroatoms. The number of hydrogen-bond donors (Lipinski definition) is 0. The number of carbonyl (C=O) groups is 1. The van der Waals surface area contributed by atoms with Crippen molar-refractivity contribution in [1.82, 2.24) is 0 Å². The fraction of sp³-hybridized carbons (Fsp3) is 0.188. The molecule has 1 aromatic rings. The number of hydrogen-bond acceptors (Lipinski definition) is 3. The van der Waals surface area contributed by atoms with Crippen LogP contribution in [-0.4, -0.2) is 11.5 Å². The molecule has 0 spiro atoms. The third-order valence-electron chi connectivity index (χ3n) is 2.96. The lowest BCUT2D eigenvalue weighted by Crippen LogP contribution is -2.12. The first-order valence-electron chi connectivity index (χ1n) is 6.19.